The van der Waals surface area contributed by atoms with Crippen molar-refractivity contribution in [2.75, 3.05) is 26.2 Å². The molecule has 1 aliphatic rings. The molecule has 1 N–H and O–H groups in total. The SMILES string of the molecule is CCOC(=O)c1[nH]c(C)c(C(=O)CN2CCC(c3nc4cc(Cl)ccc4o3)CC2)c1C. The number of ether oxygens (including phenoxy) is 1. The Morgan fingerprint density at radius 3 is 2.74 bits per heavy atom. The number of Topliss-reactive ketones (excluding diaryl/α,β-unsaturated/α-hetero) is 1. The molecule has 8 heteroatoms. The number of aryl methyl sites for hydroxylation is 1. The Morgan fingerprint density at radius 2 is 2.03 bits per heavy atom. The number of hydrogen-bond acceptors (Lipinski definition) is 6. The summed E-state index contributed by atoms with van der Waals surface area (Å²) in [5.41, 5.74) is 3.81. The lowest BCUT2D eigenvalue weighted by Gasteiger charge is -2.30. The minimum absolute atomic E-state index is 0.0109. The standard InChI is InChI=1S/C23H26ClN3O4/c1-4-30-23(29)21-13(2)20(14(3)25-21)18(28)12-27-9-7-15(8-10-27)22-26-17-11-16(24)5-6-19(17)31-22/h5-6,11,15,25H,4,7-10,12H2,1-3H3. The average molecular weight is 444 g/mol. The maximum atomic E-state index is 13.0. The van der Waals surface area contributed by atoms with Gasteiger partial charge < -0.3 is 14.1 Å². The van der Waals surface area contributed by atoms with E-state index in [0.717, 1.165) is 42.9 Å². The normalized spacial score (nSPS) is 15.5. The summed E-state index contributed by atoms with van der Waals surface area (Å²) >= 11 is 6.04. The van der Waals surface area contributed by atoms with E-state index in [1.54, 1.807) is 19.9 Å². The number of ketones is 1. The highest BCUT2D eigenvalue weighted by Gasteiger charge is 2.28. The fourth-order valence-corrected chi connectivity index (χ4v) is 4.46. The number of hydrogen-bond donors (Lipinski definition) is 1. The van der Waals surface area contributed by atoms with Crippen molar-refractivity contribution in [3.05, 3.63) is 51.6 Å². The topological polar surface area (TPSA) is 88.4 Å². The summed E-state index contributed by atoms with van der Waals surface area (Å²) in [5, 5.41) is 0.641. The third-order valence-electron chi connectivity index (χ3n) is 5.87. The third kappa shape index (κ3) is 4.38. The number of carbonyl (C=O) groups excluding carboxylic acids is 2. The predicted molar refractivity (Wildman–Crippen MR) is 118 cm³/mol. The smallest absolute Gasteiger partial charge is 0.355 e. The molecular formula is C23H26ClN3O4. The first-order chi connectivity index (χ1) is 14.9. The van der Waals surface area contributed by atoms with Gasteiger partial charge in [-0.25, -0.2) is 9.78 Å². The van der Waals surface area contributed by atoms with Crippen LogP contribution in [0.2, 0.25) is 5.02 Å². The van der Waals surface area contributed by atoms with Crippen LogP contribution in [-0.2, 0) is 4.74 Å². The van der Waals surface area contributed by atoms with E-state index in [1.807, 2.05) is 19.1 Å². The van der Waals surface area contributed by atoms with Crippen LogP contribution < -0.4 is 0 Å². The zero-order chi connectivity index (χ0) is 22.1. The first kappa shape index (κ1) is 21.6. The first-order valence-corrected chi connectivity index (χ1v) is 10.9. The molecule has 0 saturated carbocycles. The minimum atomic E-state index is -0.428. The van der Waals surface area contributed by atoms with Crippen LogP contribution in [0.3, 0.4) is 0 Å². The Kier molecular flexibility index (Phi) is 6.16. The number of nitrogens with one attached hydrogen (secondary N) is 1. The molecule has 1 aromatic carbocycles. The van der Waals surface area contributed by atoms with Gasteiger partial charge in [0.05, 0.1) is 13.2 Å². The van der Waals surface area contributed by atoms with Crippen molar-refractivity contribution >= 4 is 34.5 Å². The second kappa shape index (κ2) is 8.85. The van der Waals surface area contributed by atoms with E-state index in [4.69, 9.17) is 20.8 Å². The number of rotatable bonds is 6. The van der Waals surface area contributed by atoms with Crippen LogP contribution in [-0.4, -0.2) is 52.9 Å². The van der Waals surface area contributed by atoms with Gasteiger partial charge >= 0.3 is 5.97 Å². The highest BCUT2D eigenvalue weighted by molar-refractivity contribution is 6.31. The van der Waals surface area contributed by atoms with Crippen molar-refractivity contribution in [1.29, 1.82) is 0 Å². The summed E-state index contributed by atoms with van der Waals surface area (Å²) in [7, 11) is 0. The molecule has 7 nitrogen and oxygen atoms in total. The van der Waals surface area contributed by atoms with Crippen LogP contribution in [0.5, 0.6) is 0 Å². The van der Waals surface area contributed by atoms with Gasteiger partial charge in [-0.2, -0.15) is 0 Å². The lowest BCUT2D eigenvalue weighted by molar-refractivity contribution is 0.0519. The molecule has 0 radical (unpaired) electrons. The molecule has 164 valence electrons. The number of oxazole rings is 1. The quantitative estimate of drug-likeness (QED) is 0.440. The van der Waals surface area contributed by atoms with Crippen LogP contribution >= 0.6 is 11.6 Å². The Hall–Kier alpha value is -2.64. The largest absolute Gasteiger partial charge is 0.461 e. The number of halogens is 1. The average Bonchev–Trinajstić information content (AvgIpc) is 3.28. The number of carbonyl (C=O) groups is 2. The van der Waals surface area contributed by atoms with E-state index >= 15 is 0 Å². The number of esters is 1. The number of nitrogens with zero attached hydrogens (tertiary/aromatic N) is 2. The summed E-state index contributed by atoms with van der Waals surface area (Å²) in [6.07, 6.45) is 1.74. The van der Waals surface area contributed by atoms with E-state index in [0.29, 0.717) is 40.7 Å². The van der Waals surface area contributed by atoms with Crippen molar-refractivity contribution in [2.24, 2.45) is 0 Å². The lowest BCUT2D eigenvalue weighted by Crippen LogP contribution is -2.37. The van der Waals surface area contributed by atoms with Crippen LogP contribution in [0.25, 0.3) is 11.1 Å². The van der Waals surface area contributed by atoms with Crippen molar-refractivity contribution in [3.8, 4) is 0 Å². The summed E-state index contributed by atoms with van der Waals surface area (Å²) in [6, 6.07) is 5.45. The van der Waals surface area contributed by atoms with Crippen molar-refractivity contribution in [3.63, 3.8) is 0 Å². The van der Waals surface area contributed by atoms with Gasteiger partial charge in [0, 0.05) is 22.2 Å². The molecule has 31 heavy (non-hydrogen) atoms. The molecule has 3 heterocycles. The molecular weight excluding hydrogens is 418 g/mol. The molecule has 1 aliphatic heterocycles. The number of likely N-dealkylation sites (tertiary alicyclic amines) is 1. The zero-order valence-electron chi connectivity index (χ0n) is 18.0. The number of aromatic nitrogens is 2. The monoisotopic (exact) mass is 443 g/mol. The maximum absolute atomic E-state index is 13.0. The molecule has 0 unspecified atom stereocenters. The Balaban J connectivity index is 1.39. The lowest BCUT2D eigenvalue weighted by atomic mass is 9.96. The summed E-state index contributed by atoms with van der Waals surface area (Å²) < 4.78 is 11.0. The molecule has 0 spiro atoms. The van der Waals surface area contributed by atoms with E-state index in [9.17, 15) is 9.59 Å². The Bertz CT molecular complexity index is 1130. The van der Waals surface area contributed by atoms with Gasteiger partial charge in [0.25, 0.3) is 0 Å². The Morgan fingerprint density at radius 1 is 1.29 bits per heavy atom. The van der Waals surface area contributed by atoms with Gasteiger partial charge in [-0.15, -0.1) is 0 Å². The van der Waals surface area contributed by atoms with Crippen LogP contribution in [0, 0.1) is 13.8 Å². The fraction of sp³-hybridized carbons (Fsp3) is 0.435. The molecule has 0 amide bonds. The van der Waals surface area contributed by atoms with Gasteiger partial charge in [0.15, 0.2) is 17.3 Å². The first-order valence-electron chi connectivity index (χ1n) is 10.5. The Labute approximate surface area is 185 Å². The molecule has 0 bridgehead atoms. The van der Waals surface area contributed by atoms with Gasteiger partial charge in [0.2, 0.25) is 0 Å². The molecule has 0 atom stereocenters. The molecule has 3 aromatic rings. The van der Waals surface area contributed by atoms with Crippen LogP contribution in [0.4, 0.5) is 0 Å². The zero-order valence-corrected chi connectivity index (χ0v) is 18.7. The van der Waals surface area contributed by atoms with Gasteiger partial charge in [0.1, 0.15) is 11.2 Å². The van der Waals surface area contributed by atoms with Gasteiger partial charge in [-0.1, -0.05) is 11.6 Å². The molecule has 1 saturated heterocycles. The maximum Gasteiger partial charge on any atom is 0.355 e. The summed E-state index contributed by atoms with van der Waals surface area (Å²) in [6.45, 7) is 7.53. The van der Waals surface area contributed by atoms with Crippen LogP contribution in [0.1, 0.15) is 63.7 Å². The second-order valence-corrected chi connectivity index (χ2v) is 8.42. The van der Waals surface area contributed by atoms with Crippen LogP contribution in [0.15, 0.2) is 22.6 Å². The van der Waals surface area contributed by atoms with Crippen molar-refractivity contribution in [2.45, 2.75) is 39.5 Å². The molecule has 1 fully saturated rings. The van der Waals surface area contributed by atoms with Gasteiger partial charge in [-0.3, -0.25) is 9.69 Å². The number of fused-ring (bicyclic) bond motifs is 1. The number of benzene rings is 1. The predicted octanol–water partition coefficient (Wildman–Crippen LogP) is 4.67. The fourth-order valence-electron chi connectivity index (χ4n) is 4.29. The van der Waals surface area contributed by atoms with Crippen molar-refractivity contribution in [1.82, 2.24) is 14.9 Å². The number of aromatic amines is 1. The van der Waals surface area contributed by atoms with E-state index in [2.05, 4.69) is 14.9 Å². The van der Waals surface area contributed by atoms with E-state index in [-0.39, 0.29) is 11.7 Å². The highest BCUT2D eigenvalue weighted by atomic mass is 35.5. The number of H-pyrrole nitrogens is 1. The second-order valence-electron chi connectivity index (χ2n) is 7.98. The summed E-state index contributed by atoms with van der Waals surface area (Å²) in [5.74, 6) is 0.544. The van der Waals surface area contributed by atoms with E-state index < -0.39 is 5.97 Å². The minimum Gasteiger partial charge on any atom is -0.461 e. The number of piperidine rings is 1. The third-order valence-corrected chi connectivity index (χ3v) is 6.10. The highest BCUT2D eigenvalue weighted by Crippen LogP contribution is 2.31. The molecule has 2 aromatic heterocycles. The van der Waals surface area contributed by atoms with E-state index in [1.165, 1.54) is 0 Å². The van der Waals surface area contributed by atoms with Crippen molar-refractivity contribution < 1.29 is 18.7 Å². The molecule has 0 aliphatic carbocycles. The molecule has 4 rings (SSSR count). The summed E-state index contributed by atoms with van der Waals surface area (Å²) in [4.78, 5) is 34.9. The van der Waals surface area contributed by atoms with Gasteiger partial charge in [-0.05, 0) is 70.5 Å².